The highest BCUT2D eigenvalue weighted by molar-refractivity contribution is 6.01. The van der Waals surface area contributed by atoms with Gasteiger partial charge in [-0.05, 0) is 147 Å². The maximum atomic E-state index is 2.60. The summed E-state index contributed by atoms with van der Waals surface area (Å²) in [6, 6.07) is 65.6. The molecule has 1 aliphatic carbocycles. The largest absolute Gasteiger partial charge is 0.309 e. The summed E-state index contributed by atoms with van der Waals surface area (Å²) in [7, 11) is 0. The normalized spacial score (nSPS) is 13.7. The number of rotatable bonds is 7. The molecule has 0 unspecified atom stereocenters. The monoisotopic (exact) mass is 946 g/mol. The van der Waals surface area contributed by atoms with Crippen molar-refractivity contribution in [1.29, 1.82) is 0 Å². The highest BCUT2D eigenvalue weighted by Gasteiger charge is 2.37. The van der Waals surface area contributed by atoms with Gasteiger partial charge in [-0.3, -0.25) is 0 Å². The van der Waals surface area contributed by atoms with Crippen LogP contribution in [0.1, 0.15) is 157 Å². The molecule has 0 fully saturated rings. The fourth-order valence-corrected chi connectivity index (χ4v) is 10.7. The Bertz CT molecular complexity index is 3270. The molecule has 0 saturated heterocycles. The number of nitrogens with zero attached hydrogens (tertiary/aromatic N) is 1. The molecular formula is C71H79N. The Labute approximate surface area is 434 Å². The molecule has 368 valence electrons. The predicted octanol–water partition coefficient (Wildman–Crippen LogP) is 20.6. The van der Waals surface area contributed by atoms with Crippen LogP contribution in [0.15, 0.2) is 170 Å². The first-order valence-corrected chi connectivity index (χ1v) is 26.4. The number of hydrogen-bond donors (Lipinski definition) is 0. The number of anilines is 3. The second-order valence-corrected chi connectivity index (χ2v) is 26.5. The van der Waals surface area contributed by atoms with Crippen LogP contribution >= 0.6 is 0 Å². The van der Waals surface area contributed by atoms with E-state index in [2.05, 4.69) is 292 Å². The molecule has 72 heavy (non-hydrogen) atoms. The van der Waals surface area contributed by atoms with E-state index in [1.807, 2.05) is 0 Å². The molecule has 1 aliphatic rings. The van der Waals surface area contributed by atoms with E-state index < -0.39 is 0 Å². The highest BCUT2D eigenvalue weighted by atomic mass is 15.1. The van der Waals surface area contributed by atoms with Crippen molar-refractivity contribution in [2.24, 2.45) is 0 Å². The van der Waals surface area contributed by atoms with Gasteiger partial charge in [-0.1, -0.05) is 251 Å². The molecule has 0 spiro atoms. The van der Waals surface area contributed by atoms with Gasteiger partial charge in [-0.25, -0.2) is 0 Å². The summed E-state index contributed by atoms with van der Waals surface area (Å²) in [5.41, 5.74) is 24.7. The lowest BCUT2D eigenvalue weighted by molar-refractivity contribution is 0.569. The SMILES string of the molecule is CC(C)(C)c1ccc(-c2ccccc2N(c2ccc3c(c2)C(C)(C)c2ccccc2-3)c2cc(C(C)(C)C)cc(-c3cc(-c4cc(C(C)(C)C)cc(C(C)(C)C)c4)cc(C(C)(C)C)c3)c2-c2ccccc2)cc1. The van der Waals surface area contributed by atoms with E-state index in [4.69, 9.17) is 0 Å². The number of hydrogen-bond acceptors (Lipinski definition) is 1. The minimum Gasteiger partial charge on any atom is -0.309 e. The minimum absolute atomic E-state index is 0.0131. The average molecular weight is 946 g/mol. The first-order chi connectivity index (χ1) is 33.6. The van der Waals surface area contributed by atoms with Gasteiger partial charge in [-0.2, -0.15) is 0 Å². The molecule has 0 aromatic heterocycles. The first kappa shape index (κ1) is 50.5. The van der Waals surface area contributed by atoms with Gasteiger partial charge in [0.25, 0.3) is 0 Å². The van der Waals surface area contributed by atoms with Crippen LogP contribution in [0.5, 0.6) is 0 Å². The van der Waals surface area contributed by atoms with Crippen LogP contribution in [0, 0.1) is 0 Å². The van der Waals surface area contributed by atoms with Crippen molar-refractivity contribution < 1.29 is 0 Å². The van der Waals surface area contributed by atoms with Crippen LogP contribution in [0.2, 0.25) is 0 Å². The van der Waals surface area contributed by atoms with E-state index in [1.54, 1.807) is 0 Å². The van der Waals surface area contributed by atoms with Gasteiger partial charge >= 0.3 is 0 Å². The molecule has 8 aromatic carbocycles. The molecular weight excluding hydrogens is 867 g/mol. The third kappa shape index (κ3) is 9.65. The summed E-state index contributed by atoms with van der Waals surface area (Å²) in [4.78, 5) is 2.60. The summed E-state index contributed by atoms with van der Waals surface area (Å²) in [5, 5.41) is 0. The fraction of sp³-hybridized carbons (Fsp3) is 0.324. The average Bonchev–Trinajstić information content (AvgIpc) is 3.55. The van der Waals surface area contributed by atoms with E-state index in [-0.39, 0.29) is 32.5 Å². The van der Waals surface area contributed by atoms with Gasteiger partial charge in [0.05, 0.1) is 11.4 Å². The summed E-state index contributed by atoms with van der Waals surface area (Å²) < 4.78 is 0. The van der Waals surface area contributed by atoms with E-state index in [0.717, 1.165) is 17.1 Å². The third-order valence-corrected chi connectivity index (χ3v) is 15.4. The lowest BCUT2D eigenvalue weighted by atomic mass is 9.77. The molecule has 9 rings (SSSR count). The van der Waals surface area contributed by atoms with Crippen molar-refractivity contribution in [3.8, 4) is 55.6 Å². The van der Waals surface area contributed by atoms with Gasteiger partial charge in [0.2, 0.25) is 0 Å². The summed E-state index contributed by atoms with van der Waals surface area (Å²) >= 11 is 0. The Kier molecular flexibility index (Phi) is 12.6. The fourth-order valence-electron chi connectivity index (χ4n) is 10.7. The Morgan fingerprint density at radius 3 is 1.35 bits per heavy atom. The number of benzene rings is 8. The maximum absolute atomic E-state index is 2.60. The number of para-hydroxylation sites is 1. The zero-order chi connectivity index (χ0) is 51.9. The predicted molar refractivity (Wildman–Crippen MR) is 314 cm³/mol. The summed E-state index contributed by atoms with van der Waals surface area (Å²) in [6.07, 6.45) is 0. The van der Waals surface area contributed by atoms with Crippen molar-refractivity contribution >= 4 is 17.1 Å². The van der Waals surface area contributed by atoms with Crippen molar-refractivity contribution in [3.63, 3.8) is 0 Å². The molecule has 1 heteroatoms. The Hall–Kier alpha value is -6.44. The van der Waals surface area contributed by atoms with E-state index in [1.165, 1.54) is 94.6 Å². The van der Waals surface area contributed by atoms with Crippen LogP contribution in [0.4, 0.5) is 17.1 Å². The van der Waals surface area contributed by atoms with E-state index >= 15 is 0 Å². The molecule has 1 nitrogen and oxygen atoms in total. The Morgan fingerprint density at radius 2 is 0.764 bits per heavy atom. The zero-order valence-corrected chi connectivity index (χ0v) is 46.6. The smallest absolute Gasteiger partial charge is 0.0549 e. The van der Waals surface area contributed by atoms with Crippen molar-refractivity contribution in [3.05, 3.63) is 209 Å². The molecule has 0 bridgehead atoms. The molecule has 8 aromatic rings. The number of fused-ring (bicyclic) bond motifs is 3. The second kappa shape index (κ2) is 17.9. The quantitative estimate of drug-likeness (QED) is 0.154. The van der Waals surface area contributed by atoms with Gasteiger partial charge in [0.15, 0.2) is 0 Å². The van der Waals surface area contributed by atoms with Gasteiger partial charge in [0.1, 0.15) is 0 Å². The third-order valence-electron chi connectivity index (χ3n) is 15.4. The summed E-state index contributed by atoms with van der Waals surface area (Å²) in [6.45, 7) is 39.9. The molecule has 0 saturated carbocycles. The molecule has 0 atom stereocenters. The van der Waals surface area contributed by atoms with Crippen LogP contribution < -0.4 is 4.90 Å². The van der Waals surface area contributed by atoms with Crippen LogP contribution in [0.25, 0.3) is 55.6 Å². The lowest BCUT2D eigenvalue weighted by Gasteiger charge is -2.34. The van der Waals surface area contributed by atoms with E-state index in [0.29, 0.717) is 0 Å². The minimum atomic E-state index is -0.183. The van der Waals surface area contributed by atoms with Gasteiger partial charge in [-0.15, -0.1) is 0 Å². The molecule has 0 amide bonds. The van der Waals surface area contributed by atoms with Crippen molar-refractivity contribution in [2.45, 2.75) is 150 Å². The van der Waals surface area contributed by atoms with Crippen LogP contribution in [0.3, 0.4) is 0 Å². The van der Waals surface area contributed by atoms with Crippen molar-refractivity contribution in [1.82, 2.24) is 0 Å². The molecule has 0 N–H and O–H groups in total. The Morgan fingerprint density at radius 1 is 0.292 bits per heavy atom. The first-order valence-electron chi connectivity index (χ1n) is 26.4. The summed E-state index contributed by atoms with van der Waals surface area (Å²) in [5.74, 6) is 0. The van der Waals surface area contributed by atoms with E-state index in [9.17, 15) is 0 Å². The maximum Gasteiger partial charge on any atom is 0.0549 e. The molecule has 0 radical (unpaired) electrons. The topological polar surface area (TPSA) is 3.24 Å². The molecule has 0 heterocycles. The zero-order valence-electron chi connectivity index (χ0n) is 46.6. The van der Waals surface area contributed by atoms with Crippen LogP contribution in [-0.2, 0) is 32.5 Å². The van der Waals surface area contributed by atoms with Crippen molar-refractivity contribution in [2.75, 3.05) is 4.90 Å². The van der Waals surface area contributed by atoms with Gasteiger partial charge < -0.3 is 4.90 Å². The second-order valence-electron chi connectivity index (χ2n) is 26.5. The molecule has 0 aliphatic heterocycles. The lowest BCUT2D eigenvalue weighted by Crippen LogP contribution is -2.19. The van der Waals surface area contributed by atoms with Gasteiger partial charge in [0, 0.05) is 22.2 Å². The van der Waals surface area contributed by atoms with Crippen LogP contribution in [-0.4, -0.2) is 0 Å². The Balaban J connectivity index is 1.41. The standard InChI is InChI=1S/C71H79N/c1-66(2,3)51-33-31-46(32-34-51)57-27-22-24-30-63(57)72(56-35-36-59-58-28-21-23-29-61(58)71(16,17)62(59)45-56)64-44-55(70(13,14)15)43-60(65(64)47-25-19-18-20-26-47)50-37-48(38-52(41-50)67(4,5)6)49-39-53(68(7,8)9)42-54(40-49)69(10,11)12/h18-45H,1-17H3. The highest BCUT2D eigenvalue weighted by Crippen LogP contribution is 2.54.